The van der Waals surface area contributed by atoms with Crippen molar-refractivity contribution in [2.45, 2.75) is 0 Å². The van der Waals surface area contributed by atoms with Crippen LogP contribution >= 0.6 is 23.2 Å². The highest BCUT2D eigenvalue weighted by molar-refractivity contribution is 6.36. The normalized spacial score (nSPS) is 10.3. The lowest BCUT2D eigenvalue weighted by molar-refractivity contribution is 0.639. The molecule has 0 aliphatic heterocycles. The third-order valence-corrected chi connectivity index (χ3v) is 2.45. The highest BCUT2D eigenvalue weighted by Crippen LogP contribution is 2.29. The standard InChI is InChI=1S/C10H3Cl2FN2/c11-8-3-6-7(13)2-1-5(4-14)9(6)10(12)15-8/h1-3H. The van der Waals surface area contributed by atoms with Crippen LogP contribution in [-0.2, 0) is 0 Å². The van der Waals surface area contributed by atoms with E-state index in [9.17, 15) is 4.39 Å². The van der Waals surface area contributed by atoms with Crippen LogP contribution < -0.4 is 0 Å². The van der Waals surface area contributed by atoms with Gasteiger partial charge in [0.2, 0.25) is 0 Å². The van der Waals surface area contributed by atoms with Crippen LogP contribution in [0.15, 0.2) is 18.2 Å². The number of hydrogen-bond donors (Lipinski definition) is 0. The van der Waals surface area contributed by atoms with Crippen LogP contribution in [0.4, 0.5) is 4.39 Å². The Balaban J connectivity index is 3.02. The van der Waals surface area contributed by atoms with Crippen LogP contribution in [0.1, 0.15) is 5.56 Å². The zero-order chi connectivity index (χ0) is 11.0. The average Bonchev–Trinajstić information content (AvgIpc) is 2.19. The van der Waals surface area contributed by atoms with E-state index in [1.54, 1.807) is 0 Å². The summed E-state index contributed by atoms with van der Waals surface area (Å²) in [5.41, 5.74) is 0.278. The first-order valence-electron chi connectivity index (χ1n) is 3.98. The van der Waals surface area contributed by atoms with Crippen molar-refractivity contribution in [1.82, 2.24) is 4.98 Å². The molecule has 0 saturated heterocycles. The Bertz CT molecular complexity index is 590. The summed E-state index contributed by atoms with van der Waals surface area (Å²) in [5, 5.41) is 9.47. The Morgan fingerprint density at radius 1 is 1.33 bits per heavy atom. The second kappa shape index (κ2) is 3.65. The Morgan fingerprint density at radius 3 is 2.73 bits per heavy atom. The van der Waals surface area contributed by atoms with E-state index >= 15 is 0 Å². The smallest absolute Gasteiger partial charge is 0.140 e. The molecule has 0 saturated carbocycles. The molecule has 5 heteroatoms. The van der Waals surface area contributed by atoms with Gasteiger partial charge in [-0.05, 0) is 18.2 Å². The van der Waals surface area contributed by atoms with Gasteiger partial charge in [0.05, 0.1) is 11.6 Å². The van der Waals surface area contributed by atoms with E-state index in [4.69, 9.17) is 28.5 Å². The number of aromatic nitrogens is 1. The van der Waals surface area contributed by atoms with Crippen LogP contribution in [-0.4, -0.2) is 4.98 Å². The second-order valence-electron chi connectivity index (χ2n) is 2.87. The molecule has 15 heavy (non-hydrogen) atoms. The number of pyridine rings is 1. The van der Waals surface area contributed by atoms with Crippen LogP contribution in [0, 0.1) is 17.1 Å². The van der Waals surface area contributed by atoms with Crippen molar-refractivity contribution in [1.29, 1.82) is 5.26 Å². The second-order valence-corrected chi connectivity index (χ2v) is 3.61. The molecule has 2 nitrogen and oxygen atoms in total. The minimum atomic E-state index is -0.477. The maximum Gasteiger partial charge on any atom is 0.140 e. The summed E-state index contributed by atoms with van der Waals surface area (Å²) < 4.78 is 13.4. The van der Waals surface area contributed by atoms with Crippen molar-refractivity contribution in [3.05, 3.63) is 39.9 Å². The van der Waals surface area contributed by atoms with Gasteiger partial charge >= 0.3 is 0 Å². The molecule has 1 heterocycles. The van der Waals surface area contributed by atoms with E-state index in [1.807, 2.05) is 6.07 Å². The summed E-state index contributed by atoms with van der Waals surface area (Å²) in [5.74, 6) is -0.477. The maximum atomic E-state index is 13.4. The highest BCUT2D eigenvalue weighted by atomic mass is 35.5. The van der Waals surface area contributed by atoms with E-state index < -0.39 is 5.82 Å². The third kappa shape index (κ3) is 1.63. The van der Waals surface area contributed by atoms with Gasteiger partial charge in [0, 0.05) is 10.8 Å². The molecule has 1 aromatic heterocycles. The number of nitrogens with zero attached hydrogens (tertiary/aromatic N) is 2. The van der Waals surface area contributed by atoms with Gasteiger partial charge in [-0.3, -0.25) is 0 Å². The number of halogens is 3. The van der Waals surface area contributed by atoms with Gasteiger partial charge in [0.1, 0.15) is 16.1 Å². The third-order valence-electron chi connectivity index (χ3n) is 1.99. The molecule has 0 fully saturated rings. The van der Waals surface area contributed by atoms with Crippen LogP contribution in [0.2, 0.25) is 10.3 Å². The molecule has 0 unspecified atom stereocenters. The molecular weight excluding hydrogens is 238 g/mol. The number of nitriles is 1. The Labute approximate surface area is 94.9 Å². The molecule has 0 spiro atoms. The molecule has 0 aliphatic carbocycles. The minimum Gasteiger partial charge on any atom is -0.224 e. The first kappa shape index (κ1) is 10.2. The van der Waals surface area contributed by atoms with E-state index in [0.29, 0.717) is 5.39 Å². The Hall–Kier alpha value is -1.37. The summed E-state index contributed by atoms with van der Waals surface area (Å²) in [4.78, 5) is 3.76. The van der Waals surface area contributed by atoms with E-state index in [0.717, 1.165) is 0 Å². The molecule has 0 aliphatic rings. The number of rotatable bonds is 0. The van der Waals surface area contributed by atoms with Crippen molar-refractivity contribution < 1.29 is 4.39 Å². The van der Waals surface area contributed by atoms with Gasteiger partial charge in [-0.15, -0.1) is 0 Å². The molecule has 0 N–H and O–H groups in total. The summed E-state index contributed by atoms with van der Waals surface area (Å²) in [7, 11) is 0. The zero-order valence-electron chi connectivity index (χ0n) is 7.26. The van der Waals surface area contributed by atoms with E-state index in [-0.39, 0.29) is 21.3 Å². The quantitative estimate of drug-likeness (QED) is 0.661. The maximum absolute atomic E-state index is 13.4. The van der Waals surface area contributed by atoms with Crippen LogP contribution in [0.25, 0.3) is 10.8 Å². The summed E-state index contributed by atoms with van der Waals surface area (Å²) in [6.07, 6.45) is 0. The lowest BCUT2D eigenvalue weighted by atomic mass is 10.1. The fraction of sp³-hybridized carbons (Fsp3) is 0. The lowest BCUT2D eigenvalue weighted by Gasteiger charge is -2.03. The predicted molar refractivity (Wildman–Crippen MR) is 56.4 cm³/mol. The van der Waals surface area contributed by atoms with Crippen LogP contribution in [0.3, 0.4) is 0 Å². The molecule has 2 rings (SSSR count). The summed E-state index contributed by atoms with van der Waals surface area (Å²) >= 11 is 11.5. The fourth-order valence-electron chi connectivity index (χ4n) is 1.35. The molecule has 0 radical (unpaired) electrons. The average molecular weight is 241 g/mol. The van der Waals surface area contributed by atoms with Gasteiger partial charge in [-0.1, -0.05) is 23.2 Å². The largest absolute Gasteiger partial charge is 0.224 e. The van der Waals surface area contributed by atoms with Gasteiger partial charge in [0.25, 0.3) is 0 Å². The molecule has 0 atom stereocenters. The predicted octanol–water partition coefficient (Wildman–Crippen LogP) is 3.55. The Kier molecular flexibility index (Phi) is 2.47. The van der Waals surface area contributed by atoms with Gasteiger partial charge in [-0.25, -0.2) is 9.37 Å². The van der Waals surface area contributed by atoms with Crippen LogP contribution in [0.5, 0.6) is 0 Å². The molecular formula is C10H3Cl2FN2. The van der Waals surface area contributed by atoms with Crippen molar-refractivity contribution >= 4 is 34.0 Å². The number of benzene rings is 1. The number of hydrogen-bond acceptors (Lipinski definition) is 2. The molecule has 1 aromatic carbocycles. The van der Waals surface area contributed by atoms with Crippen molar-refractivity contribution in [3.8, 4) is 6.07 Å². The fourth-order valence-corrected chi connectivity index (χ4v) is 1.88. The first-order chi connectivity index (χ1) is 7.13. The minimum absolute atomic E-state index is 0.0357. The highest BCUT2D eigenvalue weighted by Gasteiger charge is 2.11. The molecule has 0 amide bonds. The monoisotopic (exact) mass is 240 g/mol. The van der Waals surface area contributed by atoms with Crippen molar-refractivity contribution in [2.75, 3.05) is 0 Å². The first-order valence-corrected chi connectivity index (χ1v) is 4.73. The van der Waals surface area contributed by atoms with E-state index in [2.05, 4.69) is 4.98 Å². The zero-order valence-corrected chi connectivity index (χ0v) is 8.77. The lowest BCUT2D eigenvalue weighted by Crippen LogP contribution is -1.88. The van der Waals surface area contributed by atoms with Gasteiger partial charge in [0.15, 0.2) is 0 Å². The SMILES string of the molecule is N#Cc1ccc(F)c2cc(Cl)nc(Cl)c12. The summed E-state index contributed by atoms with van der Waals surface area (Å²) in [6, 6.07) is 5.83. The molecule has 0 bridgehead atoms. The molecule has 2 aromatic rings. The van der Waals surface area contributed by atoms with E-state index in [1.165, 1.54) is 18.2 Å². The van der Waals surface area contributed by atoms with Gasteiger partial charge < -0.3 is 0 Å². The topological polar surface area (TPSA) is 36.7 Å². The number of fused-ring (bicyclic) bond motifs is 1. The summed E-state index contributed by atoms with van der Waals surface area (Å²) in [6.45, 7) is 0. The van der Waals surface area contributed by atoms with Crippen molar-refractivity contribution in [2.24, 2.45) is 0 Å². The molecule has 74 valence electrons. The Morgan fingerprint density at radius 2 is 2.07 bits per heavy atom. The van der Waals surface area contributed by atoms with Crippen molar-refractivity contribution in [3.63, 3.8) is 0 Å². The van der Waals surface area contributed by atoms with Gasteiger partial charge in [-0.2, -0.15) is 5.26 Å².